The summed E-state index contributed by atoms with van der Waals surface area (Å²) in [5, 5.41) is 11.9. The lowest BCUT2D eigenvalue weighted by atomic mass is 10.2. The van der Waals surface area contributed by atoms with Crippen LogP contribution in [0.25, 0.3) is 0 Å². The van der Waals surface area contributed by atoms with Crippen LogP contribution in [0.15, 0.2) is 6.07 Å². The molecule has 1 aromatic heterocycles. The smallest absolute Gasteiger partial charge is 0.325 e. The Morgan fingerprint density at radius 1 is 1.60 bits per heavy atom. The summed E-state index contributed by atoms with van der Waals surface area (Å²) < 4.78 is 0. The lowest BCUT2D eigenvalue weighted by molar-refractivity contribution is -0.137. The maximum atomic E-state index is 10.6. The van der Waals surface area contributed by atoms with Gasteiger partial charge in [-0.1, -0.05) is 23.2 Å². The third-order valence-electron chi connectivity index (χ3n) is 1.87. The van der Waals surface area contributed by atoms with Gasteiger partial charge in [-0.15, -0.1) is 0 Å². The maximum absolute atomic E-state index is 10.6. The van der Waals surface area contributed by atoms with E-state index in [0.29, 0.717) is 5.69 Å². The van der Waals surface area contributed by atoms with E-state index in [2.05, 4.69) is 10.3 Å². The number of anilines is 1. The van der Waals surface area contributed by atoms with Crippen molar-refractivity contribution in [1.82, 2.24) is 4.98 Å². The number of carboxylic acids is 1. The number of aliphatic carboxylic acids is 1. The first-order valence-corrected chi connectivity index (χ1v) is 4.99. The number of nitrogens with zero attached hydrogens (tertiary/aromatic N) is 1. The van der Waals surface area contributed by atoms with E-state index in [4.69, 9.17) is 28.3 Å². The minimum atomic E-state index is -0.958. The fraction of sp³-hybridized carbons (Fsp3) is 0.333. The first-order chi connectivity index (χ1) is 6.91. The second-order valence-electron chi connectivity index (χ2n) is 3.13. The molecule has 0 bridgehead atoms. The quantitative estimate of drug-likeness (QED) is 0.808. The lowest BCUT2D eigenvalue weighted by Crippen LogP contribution is -2.26. The average molecular weight is 249 g/mol. The van der Waals surface area contributed by atoms with E-state index in [9.17, 15) is 4.79 Å². The molecule has 0 saturated heterocycles. The van der Waals surface area contributed by atoms with Crippen molar-refractivity contribution in [2.45, 2.75) is 19.9 Å². The molecule has 0 radical (unpaired) electrons. The minimum absolute atomic E-state index is 0.174. The fourth-order valence-electron chi connectivity index (χ4n) is 1.05. The third-order valence-corrected chi connectivity index (χ3v) is 2.34. The summed E-state index contributed by atoms with van der Waals surface area (Å²) in [6.07, 6.45) is 0. The van der Waals surface area contributed by atoms with E-state index in [1.807, 2.05) is 0 Å². The van der Waals surface area contributed by atoms with E-state index in [-0.39, 0.29) is 10.3 Å². The number of aromatic nitrogens is 1. The van der Waals surface area contributed by atoms with Crippen LogP contribution in [0.3, 0.4) is 0 Å². The Kier molecular flexibility index (Phi) is 3.77. The monoisotopic (exact) mass is 248 g/mol. The van der Waals surface area contributed by atoms with Gasteiger partial charge < -0.3 is 10.4 Å². The van der Waals surface area contributed by atoms with Crippen LogP contribution in [0.4, 0.5) is 5.69 Å². The van der Waals surface area contributed by atoms with Gasteiger partial charge in [0.1, 0.15) is 11.2 Å². The molecule has 0 amide bonds. The summed E-state index contributed by atoms with van der Waals surface area (Å²) >= 11 is 11.5. The molecule has 1 heterocycles. The Hall–Kier alpha value is -1.00. The zero-order valence-electron chi connectivity index (χ0n) is 8.21. The highest BCUT2D eigenvalue weighted by atomic mass is 35.5. The number of hydrogen-bond acceptors (Lipinski definition) is 3. The normalized spacial score (nSPS) is 12.3. The highest BCUT2D eigenvalue weighted by Crippen LogP contribution is 2.26. The van der Waals surface area contributed by atoms with Gasteiger partial charge in [0.15, 0.2) is 5.15 Å². The van der Waals surface area contributed by atoms with E-state index in [0.717, 1.165) is 5.56 Å². The summed E-state index contributed by atoms with van der Waals surface area (Å²) in [6.45, 7) is 3.29. The molecule has 1 rings (SSSR count). The van der Waals surface area contributed by atoms with Gasteiger partial charge >= 0.3 is 5.97 Å². The predicted molar refractivity (Wildman–Crippen MR) is 59.7 cm³/mol. The van der Waals surface area contributed by atoms with Gasteiger partial charge in [-0.3, -0.25) is 4.79 Å². The van der Waals surface area contributed by atoms with Crippen molar-refractivity contribution >= 4 is 34.9 Å². The lowest BCUT2D eigenvalue weighted by Gasteiger charge is -2.14. The van der Waals surface area contributed by atoms with E-state index in [1.165, 1.54) is 6.92 Å². The van der Waals surface area contributed by atoms with Crippen LogP contribution in [-0.2, 0) is 4.79 Å². The molecule has 0 aliphatic carbocycles. The summed E-state index contributed by atoms with van der Waals surface area (Å²) in [6, 6.07) is 0.883. The molecule has 2 N–H and O–H groups in total. The van der Waals surface area contributed by atoms with Crippen molar-refractivity contribution in [3.63, 3.8) is 0 Å². The van der Waals surface area contributed by atoms with Gasteiger partial charge in [-0.25, -0.2) is 4.98 Å². The SMILES string of the molecule is Cc1cc(Cl)nc(Cl)c1NC(C)C(=O)O. The molecule has 82 valence electrons. The number of carbonyl (C=O) groups is 1. The summed E-state index contributed by atoms with van der Waals surface area (Å²) in [5.74, 6) is -0.958. The minimum Gasteiger partial charge on any atom is -0.480 e. The number of carboxylic acid groups (broad SMARTS) is 1. The number of halogens is 2. The molecule has 1 aromatic rings. The van der Waals surface area contributed by atoms with Crippen LogP contribution in [-0.4, -0.2) is 22.1 Å². The number of hydrogen-bond donors (Lipinski definition) is 2. The van der Waals surface area contributed by atoms with Crippen molar-refractivity contribution in [2.75, 3.05) is 5.32 Å². The zero-order valence-corrected chi connectivity index (χ0v) is 9.73. The zero-order chi connectivity index (χ0) is 11.6. The maximum Gasteiger partial charge on any atom is 0.325 e. The molecule has 0 aliphatic heterocycles. The standard InChI is InChI=1S/C9H10Cl2N2O2/c1-4-3-6(10)13-8(11)7(4)12-5(2)9(14)15/h3,5,12H,1-2H3,(H,14,15). The number of aryl methyl sites for hydroxylation is 1. The molecule has 0 aliphatic rings. The molecular formula is C9H10Cl2N2O2. The number of rotatable bonds is 3. The van der Waals surface area contributed by atoms with Crippen LogP contribution < -0.4 is 5.32 Å². The molecule has 15 heavy (non-hydrogen) atoms. The van der Waals surface area contributed by atoms with Gasteiger partial charge in [-0.2, -0.15) is 0 Å². The molecule has 0 spiro atoms. The van der Waals surface area contributed by atoms with Crippen molar-refractivity contribution < 1.29 is 9.90 Å². The molecule has 1 unspecified atom stereocenters. The Balaban J connectivity index is 3.00. The van der Waals surface area contributed by atoms with Crippen LogP contribution in [0.5, 0.6) is 0 Å². The van der Waals surface area contributed by atoms with E-state index >= 15 is 0 Å². The number of nitrogens with one attached hydrogen (secondary N) is 1. The number of pyridine rings is 1. The van der Waals surface area contributed by atoms with Gasteiger partial charge in [0.05, 0.1) is 5.69 Å². The van der Waals surface area contributed by atoms with Crippen molar-refractivity contribution in [1.29, 1.82) is 0 Å². The Bertz CT molecular complexity index is 373. The first-order valence-electron chi connectivity index (χ1n) is 4.23. The van der Waals surface area contributed by atoms with Gasteiger partial charge in [0, 0.05) is 0 Å². The van der Waals surface area contributed by atoms with Crippen LogP contribution in [0.2, 0.25) is 10.3 Å². The van der Waals surface area contributed by atoms with Gasteiger partial charge in [0.25, 0.3) is 0 Å². The van der Waals surface area contributed by atoms with E-state index < -0.39 is 12.0 Å². The first kappa shape index (κ1) is 12.1. The molecule has 1 atom stereocenters. The van der Waals surface area contributed by atoms with Crippen molar-refractivity contribution in [3.05, 3.63) is 21.9 Å². The summed E-state index contributed by atoms with van der Waals surface area (Å²) in [5.41, 5.74) is 1.25. The molecule has 0 fully saturated rings. The molecule has 6 heteroatoms. The van der Waals surface area contributed by atoms with Gasteiger partial charge in [0.2, 0.25) is 0 Å². The third kappa shape index (κ3) is 2.97. The topological polar surface area (TPSA) is 62.2 Å². The Morgan fingerprint density at radius 2 is 2.20 bits per heavy atom. The summed E-state index contributed by atoms with van der Waals surface area (Å²) in [7, 11) is 0. The van der Waals surface area contributed by atoms with Crippen LogP contribution in [0, 0.1) is 6.92 Å². The largest absolute Gasteiger partial charge is 0.480 e. The summed E-state index contributed by atoms with van der Waals surface area (Å²) in [4.78, 5) is 14.5. The molecule has 0 saturated carbocycles. The second kappa shape index (κ2) is 4.68. The van der Waals surface area contributed by atoms with Crippen LogP contribution in [0.1, 0.15) is 12.5 Å². The average Bonchev–Trinajstić information content (AvgIpc) is 2.10. The predicted octanol–water partition coefficient (Wildman–Crippen LogP) is 2.58. The molecule has 4 nitrogen and oxygen atoms in total. The van der Waals surface area contributed by atoms with Crippen molar-refractivity contribution in [2.24, 2.45) is 0 Å². The highest BCUT2D eigenvalue weighted by molar-refractivity contribution is 6.34. The molecular weight excluding hydrogens is 239 g/mol. The Morgan fingerprint density at radius 3 is 2.67 bits per heavy atom. The highest BCUT2D eigenvalue weighted by Gasteiger charge is 2.14. The Labute approximate surface area is 97.2 Å². The van der Waals surface area contributed by atoms with Gasteiger partial charge in [-0.05, 0) is 25.5 Å². The molecule has 0 aromatic carbocycles. The van der Waals surface area contributed by atoms with Crippen LogP contribution >= 0.6 is 23.2 Å². The van der Waals surface area contributed by atoms with E-state index in [1.54, 1.807) is 13.0 Å². The second-order valence-corrected chi connectivity index (χ2v) is 3.88. The fourth-order valence-corrected chi connectivity index (χ4v) is 1.63. The van der Waals surface area contributed by atoms with Crippen molar-refractivity contribution in [3.8, 4) is 0 Å².